The SMILES string of the molecule is CNc1nc(Nc2ccc(F)cc2)ncc1C#CCCCNC(=O)CC[C@H](O)CNC(=O)/C=C/CN(C)C. The highest BCUT2D eigenvalue weighted by Gasteiger charge is 2.09. The van der Waals surface area contributed by atoms with Gasteiger partial charge in [0, 0.05) is 51.3 Å². The van der Waals surface area contributed by atoms with Gasteiger partial charge in [-0.25, -0.2) is 9.37 Å². The fraction of sp³-hybridized carbons (Fsp3) is 0.407. The van der Waals surface area contributed by atoms with Crippen LogP contribution in [0.25, 0.3) is 0 Å². The third kappa shape index (κ3) is 12.3. The molecule has 2 aromatic rings. The topological polar surface area (TPSA) is 132 Å². The molecule has 0 radical (unpaired) electrons. The fourth-order valence-electron chi connectivity index (χ4n) is 3.08. The zero-order valence-electron chi connectivity index (χ0n) is 22.1. The van der Waals surface area contributed by atoms with Crippen LogP contribution in [0.2, 0.25) is 0 Å². The molecule has 0 fully saturated rings. The van der Waals surface area contributed by atoms with Crippen LogP contribution < -0.4 is 21.3 Å². The minimum absolute atomic E-state index is 0.0929. The Bertz CT molecular complexity index is 1130. The van der Waals surface area contributed by atoms with Crippen LogP contribution in [-0.2, 0) is 9.59 Å². The lowest BCUT2D eigenvalue weighted by Crippen LogP contribution is -2.32. The molecule has 11 heteroatoms. The molecular formula is C27H36FN7O3. The number of unbranched alkanes of at least 4 members (excludes halogenated alkanes) is 1. The summed E-state index contributed by atoms with van der Waals surface area (Å²) >= 11 is 0. The zero-order valence-corrected chi connectivity index (χ0v) is 22.1. The van der Waals surface area contributed by atoms with E-state index in [9.17, 15) is 19.1 Å². The summed E-state index contributed by atoms with van der Waals surface area (Å²) in [7, 11) is 5.54. The Morgan fingerprint density at radius 3 is 2.68 bits per heavy atom. The van der Waals surface area contributed by atoms with Crippen LogP contribution in [-0.4, -0.2) is 78.7 Å². The summed E-state index contributed by atoms with van der Waals surface area (Å²) in [4.78, 5) is 34.2. The average Bonchev–Trinajstić information content (AvgIpc) is 2.89. The van der Waals surface area contributed by atoms with Gasteiger partial charge in [-0.3, -0.25) is 9.59 Å². The Labute approximate surface area is 223 Å². The smallest absolute Gasteiger partial charge is 0.243 e. The zero-order chi connectivity index (χ0) is 27.8. The minimum atomic E-state index is -0.793. The Kier molecular flexibility index (Phi) is 13.3. The lowest BCUT2D eigenvalue weighted by molar-refractivity contribution is -0.121. The molecule has 0 aliphatic rings. The number of carbonyl (C=O) groups excluding carboxylic acids is 2. The first-order valence-electron chi connectivity index (χ1n) is 12.4. The van der Waals surface area contributed by atoms with Gasteiger partial charge < -0.3 is 31.3 Å². The van der Waals surface area contributed by atoms with E-state index in [1.807, 2.05) is 19.0 Å². The van der Waals surface area contributed by atoms with Gasteiger partial charge in [0.25, 0.3) is 0 Å². The van der Waals surface area contributed by atoms with Gasteiger partial charge in [-0.15, -0.1) is 0 Å². The summed E-state index contributed by atoms with van der Waals surface area (Å²) in [6, 6.07) is 5.89. The molecule has 10 nitrogen and oxygen atoms in total. The van der Waals surface area contributed by atoms with Crippen molar-refractivity contribution in [2.75, 3.05) is 51.4 Å². The van der Waals surface area contributed by atoms with Crippen molar-refractivity contribution in [1.82, 2.24) is 25.5 Å². The number of likely N-dealkylation sites (N-methyl/N-ethyl adjacent to an activating group) is 1. The molecule has 0 saturated heterocycles. The molecule has 1 aromatic carbocycles. The summed E-state index contributed by atoms with van der Waals surface area (Å²) in [5, 5.41) is 21.4. The number of benzene rings is 1. The maximum atomic E-state index is 13.1. The standard InChI is InChI=1S/C27H36FN7O3/c1-29-26-20(18-32-27(34-26)33-22-12-10-21(28)11-13-22)8-5-4-6-16-30-25(38)15-14-23(36)19-31-24(37)9-7-17-35(2)3/h7,9-13,18,23,36H,4,6,14-17,19H2,1-3H3,(H,30,38)(H,31,37)(H2,29,32,33,34)/b9-7+/t23-/m0/s1. The summed E-state index contributed by atoms with van der Waals surface area (Å²) in [6.07, 6.45) is 5.62. The third-order valence-electron chi connectivity index (χ3n) is 5.11. The fourth-order valence-corrected chi connectivity index (χ4v) is 3.08. The minimum Gasteiger partial charge on any atom is -0.391 e. The molecule has 0 bridgehead atoms. The van der Waals surface area contributed by atoms with Crippen LogP contribution in [0.3, 0.4) is 0 Å². The Hall–Kier alpha value is -4.01. The van der Waals surface area contributed by atoms with Crippen LogP contribution >= 0.6 is 0 Å². The molecule has 38 heavy (non-hydrogen) atoms. The van der Waals surface area contributed by atoms with Crippen molar-refractivity contribution < 1.29 is 19.1 Å². The lowest BCUT2D eigenvalue weighted by atomic mass is 10.2. The van der Waals surface area contributed by atoms with Crippen molar-refractivity contribution in [3.05, 3.63) is 54.0 Å². The van der Waals surface area contributed by atoms with Gasteiger partial charge in [0.2, 0.25) is 17.8 Å². The highest BCUT2D eigenvalue weighted by molar-refractivity contribution is 5.87. The molecule has 1 atom stereocenters. The van der Waals surface area contributed by atoms with Gasteiger partial charge in [0.05, 0.1) is 17.9 Å². The molecule has 0 aliphatic carbocycles. The van der Waals surface area contributed by atoms with Crippen LogP contribution in [0, 0.1) is 17.7 Å². The van der Waals surface area contributed by atoms with Gasteiger partial charge in [0.15, 0.2) is 0 Å². The van der Waals surface area contributed by atoms with Crippen molar-refractivity contribution in [2.24, 2.45) is 0 Å². The number of nitrogens with one attached hydrogen (secondary N) is 4. The number of anilines is 3. The predicted octanol–water partition coefficient (Wildman–Crippen LogP) is 2.02. The highest BCUT2D eigenvalue weighted by Crippen LogP contribution is 2.17. The molecule has 204 valence electrons. The quantitative estimate of drug-likeness (QED) is 0.144. The van der Waals surface area contributed by atoms with Crippen molar-refractivity contribution in [1.29, 1.82) is 0 Å². The van der Waals surface area contributed by atoms with E-state index < -0.39 is 6.10 Å². The summed E-state index contributed by atoms with van der Waals surface area (Å²) in [6.45, 7) is 1.21. The van der Waals surface area contributed by atoms with E-state index in [4.69, 9.17) is 0 Å². The van der Waals surface area contributed by atoms with Gasteiger partial charge in [-0.05, 0) is 51.2 Å². The average molecular weight is 526 g/mol. The molecule has 0 unspecified atom stereocenters. The largest absolute Gasteiger partial charge is 0.391 e. The molecule has 2 amide bonds. The number of aromatic nitrogens is 2. The second-order valence-electron chi connectivity index (χ2n) is 8.70. The van der Waals surface area contributed by atoms with Crippen LogP contribution in [0.4, 0.5) is 21.8 Å². The Morgan fingerprint density at radius 2 is 1.97 bits per heavy atom. The van der Waals surface area contributed by atoms with E-state index in [0.717, 1.165) is 0 Å². The number of aliphatic hydroxyl groups is 1. The normalized spacial score (nSPS) is 11.5. The second kappa shape index (κ2) is 16.7. The number of hydrogen-bond donors (Lipinski definition) is 5. The maximum Gasteiger partial charge on any atom is 0.243 e. The number of rotatable bonds is 14. The van der Waals surface area contributed by atoms with E-state index in [-0.39, 0.29) is 37.0 Å². The molecule has 1 aromatic heterocycles. The lowest BCUT2D eigenvalue weighted by Gasteiger charge is -2.11. The maximum absolute atomic E-state index is 13.1. The Balaban J connectivity index is 1.65. The van der Waals surface area contributed by atoms with Crippen molar-refractivity contribution in [3.8, 4) is 11.8 Å². The van der Waals surface area contributed by atoms with E-state index in [0.29, 0.717) is 48.9 Å². The van der Waals surface area contributed by atoms with E-state index in [1.165, 1.54) is 18.2 Å². The summed E-state index contributed by atoms with van der Waals surface area (Å²) in [5.74, 6) is 6.24. The molecule has 2 rings (SSSR count). The number of amides is 2. The summed E-state index contributed by atoms with van der Waals surface area (Å²) in [5.41, 5.74) is 1.30. The monoisotopic (exact) mass is 525 g/mol. The van der Waals surface area contributed by atoms with Crippen molar-refractivity contribution in [3.63, 3.8) is 0 Å². The molecule has 0 aliphatic heterocycles. The first-order chi connectivity index (χ1) is 18.3. The number of carbonyl (C=O) groups is 2. The van der Waals surface area contributed by atoms with Crippen molar-refractivity contribution in [2.45, 2.75) is 31.8 Å². The van der Waals surface area contributed by atoms with E-state index >= 15 is 0 Å². The van der Waals surface area contributed by atoms with Gasteiger partial charge >= 0.3 is 0 Å². The highest BCUT2D eigenvalue weighted by atomic mass is 19.1. The van der Waals surface area contributed by atoms with Crippen LogP contribution in [0.1, 0.15) is 31.2 Å². The molecular weight excluding hydrogens is 489 g/mol. The van der Waals surface area contributed by atoms with E-state index in [2.05, 4.69) is 43.1 Å². The van der Waals surface area contributed by atoms with Gasteiger partial charge in [-0.1, -0.05) is 17.9 Å². The predicted molar refractivity (Wildman–Crippen MR) is 146 cm³/mol. The van der Waals surface area contributed by atoms with Gasteiger partial charge in [0.1, 0.15) is 11.6 Å². The number of hydrogen-bond acceptors (Lipinski definition) is 8. The summed E-state index contributed by atoms with van der Waals surface area (Å²) < 4.78 is 13.1. The second-order valence-corrected chi connectivity index (χ2v) is 8.70. The third-order valence-corrected chi connectivity index (χ3v) is 5.11. The molecule has 0 spiro atoms. The first kappa shape index (κ1) is 30.2. The van der Waals surface area contributed by atoms with Crippen LogP contribution in [0.15, 0.2) is 42.6 Å². The molecule has 0 saturated carbocycles. The number of halogens is 1. The van der Waals surface area contributed by atoms with Gasteiger partial charge in [-0.2, -0.15) is 4.98 Å². The first-order valence-corrected chi connectivity index (χ1v) is 12.4. The number of nitrogens with zero attached hydrogens (tertiary/aromatic N) is 3. The van der Waals surface area contributed by atoms with E-state index in [1.54, 1.807) is 31.5 Å². The Morgan fingerprint density at radius 1 is 1.21 bits per heavy atom. The van der Waals surface area contributed by atoms with Crippen molar-refractivity contribution >= 4 is 29.3 Å². The number of aliphatic hydroxyl groups excluding tert-OH is 1. The molecule has 5 N–H and O–H groups in total. The van der Waals surface area contributed by atoms with Crippen LogP contribution in [0.5, 0.6) is 0 Å². The molecule has 1 heterocycles.